The molecule has 3 aliphatic heterocycles. The van der Waals surface area contributed by atoms with Crippen LogP contribution in [0.4, 0.5) is 18.0 Å². The third-order valence-electron chi connectivity index (χ3n) is 13.2. The number of amides is 1. The first-order valence-electron chi connectivity index (χ1n) is 21.5. The van der Waals surface area contributed by atoms with Gasteiger partial charge in [-0.15, -0.1) is 5.10 Å². The number of alkyl halides is 3. The minimum Gasteiger partial charge on any atom is -0.458 e. The Morgan fingerprint density at radius 3 is 2.21 bits per heavy atom. The molecule has 62 heavy (non-hydrogen) atoms. The summed E-state index contributed by atoms with van der Waals surface area (Å²) in [7, 11) is 5.16. The number of cyclic esters (lactones) is 1. The molecule has 1 N–H and O–H groups in total. The summed E-state index contributed by atoms with van der Waals surface area (Å²) >= 11 is 0. The Balaban J connectivity index is 1.40. The number of esters is 1. The highest BCUT2D eigenvalue weighted by atomic mass is 19.4. The van der Waals surface area contributed by atoms with E-state index in [1.54, 1.807) is 52.4 Å². The number of carbonyl (C=O) groups excluding carboxylic acids is 4. The number of nitrogens with zero attached hydrogens (tertiary/aromatic N) is 5. The van der Waals surface area contributed by atoms with E-state index < -0.39 is 95.1 Å². The zero-order valence-corrected chi connectivity index (χ0v) is 37.7. The SMILES string of the molecule is CC[C@H]1OC(=O)[C@H](C)C(=O)[C@H](C)[C@@H](OC2OC(C)CC(N(C)C)C2O)[C@@](C)(OC)C[C@@H](C)C(=O)[C@H](C)[C@H]2N(CCCCn3cc(-c4ccc(C(F)(F)F)cc4)nn3)C(=O)O[C@]12C. The smallest absolute Gasteiger partial charge is 0.416 e. The standard InChI is InChI=1S/C44H64F3N5O10/c1-12-33-43(8)37(52(41(57)62-43)20-14-13-19-51-23-31(48-49-51)29-15-17-30(18-16-29)44(45,46)47)26(4)34(53)24(2)22-42(7,58-11)38(27(5)35(54)28(6)39(56)60-33)61-40-36(55)32(50(9)10)21-25(3)59-40/h15-18,23-28,32-33,36-38,40,55H,12-14,19-22H2,1-11H3/t24-,25?,26+,27+,28-,32?,33-,36?,37-,38-,40?,42+,43-/m1/s1. The first-order chi connectivity index (χ1) is 29.0. The highest BCUT2D eigenvalue weighted by Gasteiger charge is 2.60. The molecule has 0 saturated carbocycles. The molecule has 1 aromatic heterocycles. The second kappa shape index (κ2) is 19.4. The molecule has 0 bridgehead atoms. The van der Waals surface area contributed by atoms with Crippen molar-refractivity contribution in [3.8, 4) is 11.3 Å². The molecule has 15 nitrogen and oxygen atoms in total. The van der Waals surface area contributed by atoms with Gasteiger partial charge >= 0.3 is 18.2 Å². The van der Waals surface area contributed by atoms with Crippen LogP contribution in [-0.2, 0) is 50.8 Å². The lowest BCUT2D eigenvalue weighted by Gasteiger charge is -2.47. The number of likely N-dealkylation sites (N-methyl/N-ethyl adjacent to an activating group) is 1. The Bertz CT molecular complexity index is 1900. The Labute approximate surface area is 361 Å². The second-order valence-electron chi connectivity index (χ2n) is 18.0. The number of Topliss-reactive ketones (excluding diaryl/α,β-unsaturated/α-hetero) is 2. The van der Waals surface area contributed by atoms with Crippen LogP contribution in [0.25, 0.3) is 11.3 Å². The normalized spacial score (nSPS) is 35.4. The summed E-state index contributed by atoms with van der Waals surface area (Å²) in [5, 5.41) is 19.7. The van der Waals surface area contributed by atoms with Crippen molar-refractivity contribution in [3.63, 3.8) is 0 Å². The summed E-state index contributed by atoms with van der Waals surface area (Å²) in [4.78, 5) is 60.3. The number of carbonyl (C=O) groups is 4. The van der Waals surface area contributed by atoms with Crippen molar-refractivity contribution in [1.82, 2.24) is 24.8 Å². The van der Waals surface area contributed by atoms with Gasteiger partial charge in [0.05, 0.1) is 35.6 Å². The highest BCUT2D eigenvalue weighted by Crippen LogP contribution is 2.43. The van der Waals surface area contributed by atoms with E-state index in [0.29, 0.717) is 37.1 Å². The van der Waals surface area contributed by atoms with E-state index in [0.717, 1.165) is 12.1 Å². The zero-order valence-electron chi connectivity index (χ0n) is 37.7. The fourth-order valence-corrected chi connectivity index (χ4v) is 9.63. The molecule has 1 aromatic carbocycles. The molecule has 4 unspecified atom stereocenters. The number of aryl methyl sites for hydroxylation is 1. The molecule has 1 amide bonds. The van der Waals surface area contributed by atoms with E-state index in [9.17, 15) is 37.5 Å². The third-order valence-corrected chi connectivity index (χ3v) is 13.2. The van der Waals surface area contributed by atoms with E-state index >= 15 is 0 Å². The topological polar surface area (TPSA) is 172 Å². The minimum absolute atomic E-state index is 0.0745. The van der Waals surface area contributed by atoms with E-state index in [1.807, 2.05) is 25.9 Å². The van der Waals surface area contributed by atoms with Crippen LogP contribution in [0.1, 0.15) is 93.1 Å². The Morgan fingerprint density at radius 2 is 1.61 bits per heavy atom. The van der Waals surface area contributed by atoms with Gasteiger partial charge in [-0.05, 0) is 86.0 Å². The van der Waals surface area contributed by atoms with Crippen LogP contribution in [0.15, 0.2) is 30.5 Å². The third kappa shape index (κ3) is 10.2. The number of ketones is 2. The molecule has 3 aliphatic rings. The number of rotatable bonds is 11. The van der Waals surface area contributed by atoms with Crippen LogP contribution >= 0.6 is 0 Å². The predicted molar refractivity (Wildman–Crippen MR) is 219 cm³/mol. The monoisotopic (exact) mass is 879 g/mol. The molecule has 3 saturated heterocycles. The van der Waals surface area contributed by atoms with Crippen LogP contribution in [0, 0.1) is 23.7 Å². The number of aliphatic hydroxyl groups is 1. The van der Waals surface area contributed by atoms with Gasteiger partial charge in [-0.25, -0.2) is 4.79 Å². The summed E-state index contributed by atoms with van der Waals surface area (Å²) in [5.74, 6) is -5.35. The maximum absolute atomic E-state index is 14.7. The van der Waals surface area contributed by atoms with Crippen LogP contribution in [0.2, 0.25) is 0 Å². The van der Waals surface area contributed by atoms with Gasteiger partial charge in [0.2, 0.25) is 0 Å². The summed E-state index contributed by atoms with van der Waals surface area (Å²) in [6.45, 7) is 14.2. The van der Waals surface area contributed by atoms with Gasteiger partial charge in [0.15, 0.2) is 17.7 Å². The van der Waals surface area contributed by atoms with E-state index in [1.165, 1.54) is 31.1 Å². The zero-order chi connectivity index (χ0) is 46.1. The number of unbranched alkanes of at least 4 members (excludes halogenated alkanes) is 1. The van der Waals surface area contributed by atoms with Gasteiger partial charge in [0.25, 0.3) is 0 Å². The molecule has 5 rings (SSSR count). The Hall–Kier alpha value is -3.97. The van der Waals surface area contributed by atoms with Gasteiger partial charge in [-0.2, -0.15) is 13.2 Å². The van der Waals surface area contributed by atoms with Crippen LogP contribution in [-0.4, -0.2) is 135 Å². The van der Waals surface area contributed by atoms with Crippen molar-refractivity contribution in [2.24, 2.45) is 23.7 Å². The van der Waals surface area contributed by atoms with Crippen molar-refractivity contribution in [3.05, 3.63) is 36.0 Å². The number of aromatic nitrogens is 3. The average Bonchev–Trinajstić information content (AvgIpc) is 3.80. The molecule has 4 heterocycles. The Morgan fingerprint density at radius 1 is 0.968 bits per heavy atom. The molecule has 0 spiro atoms. The lowest BCUT2D eigenvalue weighted by Crippen LogP contribution is -2.60. The van der Waals surface area contributed by atoms with Crippen LogP contribution in [0.3, 0.4) is 0 Å². The fraction of sp³-hybridized carbons (Fsp3) is 0.727. The lowest BCUT2D eigenvalue weighted by molar-refractivity contribution is -0.295. The number of aliphatic hydroxyl groups excluding tert-OH is 1. The van der Waals surface area contributed by atoms with Crippen LogP contribution < -0.4 is 0 Å². The van der Waals surface area contributed by atoms with Crippen molar-refractivity contribution in [2.75, 3.05) is 27.7 Å². The van der Waals surface area contributed by atoms with Crippen molar-refractivity contribution < 1.29 is 61.1 Å². The second-order valence-corrected chi connectivity index (χ2v) is 18.0. The maximum Gasteiger partial charge on any atom is 0.416 e. The first-order valence-corrected chi connectivity index (χ1v) is 21.5. The first kappa shape index (κ1) is 49.1. The van der Waals surface area contributed by atoms with Gasteiger partial charge < -0.3 is 38.6 Å². The molecule has 13 atom stereocenters. The van der Waals surface area contributed by atoms with Gasteiger partial charge in [-0.3, -0.25) is 19.1 Å². The quantitative estimate of drug-likeness (QED) is 0.160. The molecule has 18 heteroatoms. The number of fused-ring (bicyclic) bond motifs is 1. The minimum atomic E-state index is -4.46. The summed E-state index contributed by atoms with van der Waals surface area (Å²) in [6.07, 6.45) is -6.40. The van der Waals surface area contributed by atoms with Gasteiger partial charge in [0.1, 0.15) is 29.6 Å². The molecular formula is C44H64F3N5O10. The van der Waals surface area contributed by atoms with Crippen molar-refractivity contribution in [2.45, 2.75) is 154 Å². The summed E-state index contributed by atoms with van der Waals surface area (Å²) < 4.78 is 71.8. The van der Waals surface area contributed by atoms with E-state index in [-0.39, 0.29) is 37.3 Å². The number of methoxy groups -OCH3 is 1. The van der Waals surface area contributed by atoms with E-state index in [2.05, 4.69) is 10.3 Å². The van der Waals surface area contributed by atoms with Crippen molar-refractivity contribution >= 4 is 23.6 Å². The molecular weight excluding hydrogens is 816 g/mol. The fourth-order valence-electron chi connectivity index (χ4n) is 9.63. The molecule has 3 fully saturated rings. The number of ether oxygens (including phenoxy) is 5. The number of benzene rings is 1. The van der Waals surface area contributed by atoms with Gasteiger partial charge in [-0.1, -0.05) is 45.0 Å². The van der Waals surface area contributed by atoms with Crippen molar-refractivity contribution in [1.29, 1.82) is 0 Å². The highest BCUT2D eigenvalue weighted by molar-refractivity contribution is 6.00. The number of halogens is 3. The Kier molecular flexibility index (Phi) is 15.4. The van der Waals surface area contributed by atoms with Gasteiger partial charge in [0, 0.05) is 49.6 Å². The predicted octanol–water partition coefficient (Wildman–Crippen LogP) is 5.95. The summed E-state index contributed by atoms with van der Waals surface area (Å²) in [5.41, 5.74) is -2.69. The molecule has 0 radical (unpaired) electrons. The lowest BCUT2D eigenvalue weighted by atomic mass is 9.73. The average molecular weight is 880 g/mol. The number of hydrogen-bond donors (Lipinski definition) is 1. The number of hydrogen-bond acceptors (Lipinski definition) is 13. The molecule has 2 aromatic rings. The summed E-state index contributed by atoms with van der Waals surface area (Å²) in [6, 6.07) is 3.45. The van der Waals surface area contributed by atoms with E-state index in [4.69, 9.17) is 23.7 Å². The molecule has 0 aliphatic carbocycles. The molecule has 346 valence electrons. The largest absolute Gasteiger partial charge is 0.458 e. The maximum atomic E-state index is 14.7. The van der Waals surface area contributed by atoms with Crippen LogP contribution in [0.5, 0.6) is 0 Å².